The number of nitrogens with zero attached hydrogens (tertiary/aromatic N) is 2. The first-order valence-electron chi connectivity index (χ1n) is 2.51. The Labute approximate surface area is 44.8 Å². The molecule has 2 heteroatoms. The van der Waals surface area contributed by atoms with Crippen molar-refractivity contribution in [3.63, 3.8) is 0 Å². The van der Waals surface area contributed by atoms with E-state index in [0.717, 1.165) is 6.54 Å². The SMILES string of the molecule is CC=NN(C)CC. The average molecular weight is 100 g/mol. The van der Waals surface area contributed by atoms with E-state index in [9.17, 15) is 0 Å². The lowest BCUT2D eigenvalue weighted by atomic mass is 10.7. The summed E-state index contributed by atoms with van der Waals surface area (Å²) >= 11 is 0. The van der Waals surface area contributed by atoms with Crippen LogP contribution in [0, 0.1) is 0 Å². The second kappa shape index (κ2) is 3.65. The summed E-state index contributed by atoms with van der Waals surface area (Å²) in [5.74, 6) is 0. The van der Waals surface area contributed by atoms with Crippen LogP contribution in [0.25, 0.3) is 0 Å². The van der Waals surface area contributed by atoms with Crippen molar-refractivity contribution in [3.8, 4) is 0 Å². The molecule has 0 aromatic heterocycles. The molecule has 0 aromatic rings. The van der Waals surface area contributed by atoms with Crippen molar-refractivity contribution >= 4 is 6.21 Å². The third kappa shape index (κ3) is 3.30. The molecule has 0 fully saturated rings. The summed E-state index contributed by atoms with van der Waals surface area (Å²) in [5, 5.41) is 5.83. The van der Waals surface area contributed by atoms with Crippen LogP contribution in [0.2, 0.25) is 0 Å². The Hall–Kier alpha value is -0.530. The zero-order valence-electron chi connectivity index (χ0n) is 5.18. The summed E-state index contributed by atoms with van der Waals surface area (Å²) < 4.78 is 0. The highest BCUT2D eigenvalue weighted by molar-refractivity contribution is 5.52. The molecule has 0 rings (SSSR count). The molecule has 0 radical (unpaired) electrons. The lowest BCUT2D eigenvalue weighted by Crippen LogP contribution is -2.08. The topological polar surface area (TPSA) is 15.6 Å². The lowest BCUT2D eigenvalue weighted by molar-refractivity contribution is 0.377. The quantitative estimate of drug-likeness (QED) is 0.372. The molecule has 0 spiro atoms. The van der Waals surface area contributed by atoms with Crippen LogP contribution in [0.15, 0.2) is 5.10 Å². The molecular weight excluding hydrogens is 88.1 g/mol. The first-order chi connectivity index (χ1) is 3.31. The summed E-state index contributed by atoms with van der Waals surface area (Å²) in [6.07, 6.45) is 1.78. The van der Waals surface area contributed by atoms with E-state index in [2.05, 4.69) is 12.0 Å². The van der Waals surface area contributed by atoms with Crippen molar-refractivity contribution in [2.45, 2.75) is 13.8 Å². The van der Waals surface area contributed by atoms with Gasteiger partial charge in [-0.15, -0.1) is 0 Å². The number of hydrogen-bond donors (Lipinski definition) is 0. The Morgan fingerprint density at radius 2 is 2.29 bits per heavy atom. The largest absolute Gasteiger partial charge is 0.301 e. The fraction of sp³-hybridized carbons (Fsp3) is 0.800. The zero-order valence-corrected chi connectivity index (χ0v) is 5.18. The minimum atomic E-state index is 0.977. The van der Waals surface area contributed by atoms with Crippen LogP contribution in [0.1, 0.15) is 13.8 Å². The van der Waals surface area contributed by atoms with Crippen molar-refractivity contribution in [1.82, 2.24) is 5.01 Å². The Bertz CT molecular complexity index is 59.1. The van der Waals surface area contributed by atoms with Crippen LogP contribution in [0.5, 0.6) is 0 Å². The predicted molar refractivity (Wildman–Crippen MR) is 32.5 cm³/mol. The molecular formula is C5H12N2. The summed E-state index contributed by atoms with van der Waals surface area (Å²) in [6, 6.07) is 0. The van der Waals surface area contributed by atoms with Crippen LogP contribution >= 0.6 is 0 Å². The van der Waals surface area contributed by atoms with Crippen LogP contribution < -0.4 is 0 Å². The summed E-state index contributed by atoms with van der Waals surface area (Å²) in [5.41, 5.74) is 0. The van der Waals surface area contributed by atoms with Crippen molar-refractivity contribution < 1.29 is 0 Å². The zero-order chi connectivity index (χ0) is 5.70. The third-order valence-electron chi connectivity index (χ3n) is 0.770. The van der Waals surface area contributed by atoms with Gasteiger partial charge in [-0.25, -0.2) is 0 Å². The van der Waals surface area contributed by atoms with E-state index in [1.54, 1.807) is 6.21 Å². The highest BCUT2D eigenvalue weighted by Gasteiger charge is 1.77. The fourth-order valence-electron chi connectivity index (χ4n) is 0.279. The number of hydrogen-bond acceptors (Lipinski definition) is 2. The first-order valence-corrected chi connectivity index (χ1v) is 2.51. The van der Waals surface area contributed by atoms with Crippen LogP contribution in [0.3, 0.4) is 0 Å². The Kier molecular flexibility index (Phi) is 3.38. The van der Waals surface area contributed by atoms with E-state index < -0.39 is 0 Å². The van der Waals surface area contributed by atoms with Gasteiger partial charge in [0, 0.05) is 19.8 Å². The van der Waals surface area contributed by atoms with Gasteiger partial charge in [0.25, 0.3) is 0 Å². The molecule has 0 atom stereocenters. The minimum Gasteiger partial charge on any atom is -0.301 e. The predicted octanol–water partition coefficient (Wildman–Crippen LogP) is 0.944. The van der Waals surface area contributed by atoms with Gasteiger partial charge in [0.2, 0.25) is 0 Å². The van der Waals surface area contributed by atoms with Gasteiger partial charge in [-0.05, 0) is 13.8 Å². The van der Waals surface area contributed by atoms with Crippen molar-refractivity contribution in [2.75, 3.05) is 13.6 Å². The van der Waals surface area contributed by atoms with Crippen molar-refractivity contribution in [3.05, 3.63) is 0 Å². The first kappa shape index (κ1) is 6.47. The molecule has 0 aromatic carbocycles. The van der Waals surface area contributed by atoms with Crippen LogP contribution in [-0.4, -0.2) is 24.8 Å². The molecule has 0 saturated heterocycles. The highest BCUT2D eigenvalue weighted by Crippen LogP contribution is 1.76. The van der Waals surface area contributed by atoms with E-state index >= 15 is 0 Å². The molecule has 0 aliphatic heterocycles. The van der Waals surface area contributed by atoms with Gasteiger partial charge >= 0.3 is 0 Å². The number of hydrazone groups is 1. The van der Waals surface area contributed by atoms with Crippen LogP contribution in [-0.2, 0) is 0 Å². The molecule has 0 heterocycles. The molecule has 0 amide bonds. The van der Waals surface area contributed by atoms with E-state index in [0.29, 0.717) is 0 Å². The van der Waals surface area contributed by atoms with Gasteiger partial charge < -0.3 is 5.01 Å². The van der Waals surface area contributed by atoms with Gasteiger partial charge in [0.15, 0.2) is 0 Å². The van der Waals surface area contributed by atoms with E-state index in [1.807, 2.05) is 19.0 Å². The molecule has 42 valence electrons. The van der Waals surface area contributed by atoms with E-state index in [4.69, 9.17) is 0 Å². The average Bonchev–Trinajstić information content (AvgIpc) is 1.68. The second-order valence-corrected chi connectivity index (χ2v) is 1.35. The maximum atomic E-state index is 3.95. The lowest BCUT2D eigenvalue weighted by Gasteiger charge is -2.05. The minimum absolute atomic E-state index is 0.977. The van der Waals surface area contributed by atoms with Crippen molar-refractivity contribution in [2.24, 2.45) is 5.10 Å². The smallest absolute Gasteiger partial charge is 0.0328 e. The molecule has 0 aliphatic rings. The fourth-order valence-corrected chi connectivity index (χ4v) is 0.279. The summed E-state index contributed by atoms with van der Waals surface area (Å²) in [7, 11) is 1.94. The monoisotopic (exact) mass is 100 g/mol. The molecule has 0 N–H and O–H groups in total. The summed E-state index contributed by atoms with van der Waals surface area (Å²) in [4.78, 5) is 0. The maximum Gasteiger partial charge on any atom is 0.0328 e. The maximum absolute atomic E-state index is 3.95. The molecule has 7 heavy (non-hydrogen) atoms. The van der Waals surface area contributed by atoms with Gasteiger partial charge in [0.05, 0.1) is 0 Å². The highest BCUT2D eigenvalue weighted by atomic mass is 15.4. The normalized spacial score (nSPS) is 10.1. The molecule has 0 aliphatic carbocycles. The van der Waals surface area contributed by atoms with Crippen molar-refractivity contribution in [1.29, 1.82) is 0 Å². The molecule has 2 nitrogen and oxygen atoms in total. The van der Waals surface area contributed by atoms with E-state index in [1.165, 1.54) is 0 Å². The van der Waals surface area contributed by atoms with Gasteiger partial charge in [-0.3, -0.25) is 0 Å². The second-order valence-electron chi connectivity index (χ2n) is 1.35. The van der Waals surface area contributed by atoms with E-state index in [-0.39, 0.29) is 0 Å². The molecule has 0 saturated carbocycles. The molecule has 0 bridgehead atoms. The number of rotatable bonds is 2. The third-order valence-corrected chi connectivity index (χ3v) is 0.770. The van der Waals surface area contributed by atoms with Gasteiger partial charge in [-0.1, -0.05) is 0 Å². The van der Waals surface area contributed by atoms with Gasteiger partial charge in [-0.2, -0.15) is 5.10 Å². The Morgan fingerprint density at radius 3 is 2.43 bits per heavy atom. The van der Waals surface area contributed by atoms with Gasteiger partial charge in [0.1, 0.15) is 0 Å². The standard InChI is InChI=1S/C5H12N2/c1-4-6-7(3)5-2/h4H,5H2,1-3H3. The van der Waals surface area contributed by atoms with Crippen LogP contribution in [0.4, 0.5) is 0 Å². The Morgan fingerprint density at radius 1 is 1.71 bits per heavy atom. The summed E-state index contributed by atoms with van der Waals surface area (Å²) in [6.45, 7) is 4.95. The Balaban J connectivity index is 3.16. The molecule has 0 unspecified atom stereocenters.